The second-order valence-corrected chi connectivity index (χ2v) is 8.01. The number of rotatable bonds is 5. The second kappa shape index (κ2) is 7.34. The molecule has 1 atom stereocenters. The van der Waals surface area contributed by atoms with Gasteiger partial charge in [-0.2, -0.15) is 4.98 Å². The van der Waals surface area contributed by atoms with Crippen molar-refractivity contribution >= 4 is 11.9 Å². The molecule has 1 amide bonds. The Balaban J connectivity index is 1.58. The fourth-order valence-corrected chi connectivity index (χ4v) is 3.88. The lowest BCUT2D eigenvalue weighted by Gasteiger charge is -2.48. The maximum Gasteiger partial charge on any atom is 0.326 e. The van der Waals surface area contributed by atoms with Crippen LogP contribution < -0.4 is 0 Å². The number of carbonyl (C=O) groups is 2. The lowest BCUT2D eigenvalue weighted by molar-refractivity contribution is -0.155. The molecule has 3 heterocycles. The van der Waals surface area contributed by atoms with Gasteiger partial charge < -0.3 is 14.5 Å². The molecule has 0 bridgehead atoms. The van der Waals surface area contributed by atoms with Gasteiger partial charge in [-0.25, -0.2) is 4.79 Å². The van der Waals surface area contributed by atoms with Crippen LogP contribution in [0.2, 0.25) is 0 Å². The number of carbonyl (C=O) groups excluding carboxylic acids is 1. The average Bonchev–Trinajstić information content (AvgIpc) is 3.07. The minimum atomic E-state index is -0.940. The van der Waals surface area contributed by atoms with E-state index in [0.29, 0.717) is 25.4 Å². The summed E-state index contributed by atoms with van der Waals surface area (Å²) in [6.07, 6.45) is 3.20. The largest absolute Gasteiger partial charge is 0.480 e. The maximum atomic E-state index is 12.2. The van der Waals surface area contributed by atoms with Gasteiger partial charge >= 0.3 is 5.97 Å². The standard InChI is InChI=1S/C18H28N4O4/c1-12(2)16-19-14(26-20-16)10-21-8-6-18(7-9-21)5-4-15(23)22(11-18)13(3)17(24)25/h12-13H,4-11H2,1-3H3,(H,24,25). The minimum Gasteiger partial charge on any atom is -0.480 e. The van der Waals surface area contributed by atoms with Gasteiger partial charge in [-0.15, -0.1) is 0 Å². The van der Waals surface area contributed by atoms with Crippen molar-refractivity contribution < 1.29 is 19.2 Å². The van der Waals surface area contributed by atoms with Gasteiger partial charge in [0.1, 0.15) is 6.04 Å². The number of nitrogens with zero attached hydrogens (tertiary/aromatic N) is 4. The Morgan fingerprint density at radius 1 is 1.27 bits per heavy atom. The van der Waals surface area contributed by atoms with Gasteiger partial charge in [0.2, 0.25) is 11.8 Å². The summed E-state index contributed by atoms with van der Waals surface area (Å²) in [4.78, 5) is 31.7. The fourth-order valence-electron chi connectivity index (χ4n) is 3.88. The summed E-state index contributed by atoms with van der Waals surface area (Å²) < 4.78 is 5.33. The zero-order valence-electron chi connectivity index (χ0n) is 15.8. The first-order chi connectivity index (χ1) is 12.3. The molecule has 8 heteroatoms. The summed E-state index contributed by atoms with van der Waals surface area (Å²) in [5, 5.41) is 13.3. The molecule has 2 fully saturated rings. The van der Waals surface area contributed by atoms with Crippen LogP contribution in [0.4, 0.5) is 0 Å². The summed E-state index contributed by atoms with van der Waals surface area (Å²) >= 11 is 0. The van der Waals surface area contributed by atoms with E-state index in [9.17, 15) is 14.7 Å². The van der Waals surface area contributed by atoms with Crippen molar-refractivity contribution in [3.8, 4) is 0 Å². The molecule has 144 valence electrons. The van der Waals surface area contributed by atoms with Crippen molar-refractivity contribution in [2.45, 2.75) is 65.0 Å². The second-order valence-electron chi connectivity index (χ2n) is 8.01. The van der Waals surface area contributed by atoms with Crippen LogP contribution >= 0.6 is 0 Å². The van der Waals surface area contributed by atoms with Gasteiger partial charge in [0, 0.05) is 18.9 Å². The molecule has 0 aromatic carbocycles. The fraction of sp³-hybridized carbons (Fsp3) is 0.778. The highest BCUT2D eigenvalue weighted by Crippen LogP contribution is 2.41. The third kappa shape index (κ3) is 3.90. The Kier molecular flexibility index (Phi) is 5.32. The Morgan fingerprint density at radius 2 is 1.96 bits per heavy atom. The van der Waals surface area contributed by atoms with E-state index in [1.165, 1.54) is 0 Å². The molecule has 1 spiro atoms. The number of carboxylic acids is 1. The molecule has 0 radical (unpaired) electrons. The van der Waals surface area contributed by atoms with E-state index in [-0.39, 0.29) is 17.2 Å². The number of aromatic nitrogens is 2. The van der Waals surface area contributed by atoms with Crippen molar-refractivity contribution in [2.24, 2.45) is 5.41 Å². The SMILES string of the molecule is CC(C)c1noc(CN2CCC3(CCC(=O)N(C(C)C(=O)O)C3)CC2)n1. The zero-order valence-corrected chi connectivity index (χ0v) is 15.8. The highest BCUT2D eigenvalue weighted by Gasteiger charge is 2.43. The molecule has 26 heavy (non-hydrogen) atoms. The van der Waals surface area contributed by atoms with Crippen LogP contribution in [0.3, 0.4) is 0 Å². The molecular formula is C18H28N4O4. The number of hydrogen-bond donors (Lipinski definition) is 1. The average molecular weight is 364 g/mol. The van der Waals surface area contributed by atoms with Crippen LogP contribution in [0, 0.1) is 5.41 Å². The van der Waals surface area contributed by atoms with E-state index in [0.717, 1.165) is 38.2 Å². The molecule has 8 nitrogen and oxygen atoms in total. The Labute approximate surface area is 153 Å². The zero-order chi connectivity index (χ0) is 18.9. The van der Waals surface area contributed by atoms with E-state index >= 15 is 0 Å². The third-order valence-electron chi connectivity index (χ3n) is 5.80. The summed E-state index contributed by atoms with van der Waals surface area (Å²) in [7, 11) is 0. The van der Waals surface area contributed by atoms with Gasteiger partial charge in [0.15, 0.2) is 5.82 Å². The summed E-state index contributed by atoms with van der Waals surface area (Å²) in [5.74, 6) is 0.645. The Hall–Kier alpha value is -1.96. The Morgan fingerprint density at radius 3 is 2.54 bits per heavy atom. The topological polar surface area (TPSA) is 99.8 Å². The molecule has 1 unspecified atom stereocenters. The normalized spacial score (nSPS) is 22.2. The van der Waals surface area contributed by atoms with Crippen LogP contribution in [0.5, 0.6) is 0 Å². The molecule has 2 aliphatic heterocycles. The van der Waals surface area contributed by atoms with E-state index in [2.05, 4.69) is 15.0 Å². The molecule has 2 saturated heterocycles. The van der Waals surface area contributed by atoms with Crippen LogP contribution in [-0.2, 0) is 16.1 Å². The first kappa shape index (κ1) is 18.8. The lowest BCUT2D eigenvalue weighted by atomic mass is 9.72. The first-order valence-electron chi connectivity index (χ1n) is 9.37. The van der Waals surface area contributed by atoms with Crippen LogP contribution in [0.25, 0.3) is 0 Å². The molecule has 2 aliphatic rings. The summed E-state index contributed by atoms with van der Waals surface area (Å²) in [6.45, 7) is 8.64. The summed E-state index contributed by atoms with van der Waals surface area (Å²) in [6, 6.07) is -0.759. The molecule has 3 rings (SSSR count). The third-order valence-corrected chi connectivity index (χ3v) is 5.80. The van der Waals surface area contributed by atoms with Crippen molar-refractivity contribution in [1.82, 2.24) is 19.9 Å². The van der Waals surface area contributed by atoms with Gasteiger partial charge in [-0.3, -0.25) is 9.69 Å². The predicted molar refractivity (Wildman–Crippen MR) is 93.4 cm³/mol. The molecule has 0 aliphatic carbocycles. The quantitative estimate of drug-likeness (QED) is 0.851. The highest BCUT2D eigenvalue weighted by molar-refractivity contribution is 5.84. The van der Waals surface area contributed by atoms with Crippen LogP contribution in [0.1, 0.15) is 64.1 Å². The molecular weight excluding hydrogens is 336 g/mol. The Bertz CT molecular complexity index is 664. The van der Waals surface area contributed by atoms with Gasteiger partial charge in [0.05, 0.1) is 6.54 Å². The highest BCUT2D eigenvalue weighted by atomic mass is 16.5. The predicted octanol–water partition coefficient (Wildman–Crippen LogP) is 1.87. The van der Waals surface area contributed by atoms with Crippen molar-refractivity contribution in [2.75, 3.05) is 19.6 Å². The smallest absolute Gasteiger partial charge is 0.326 e. The lowest BCUT2D eigenvalue weighted by Crippen LogP contribution is -2.55. The minimum absolute atomic E-state index is 0.0338. The maximum absolute atomic E-state index is 12.2. The van der Waals surface area contributed by atoms with Crippen LogP contribution in [0.15, 0.2) is 4.52 Å². The van der Waals surface area contributed by atoms with Gasteiger partial charge in [0.25, 0.3) is 0 Å². The van der Waals surface area contributed by atoms with Crippen molar-refractivity contribution in [3.05, 3.63) is 11.7 Å². The number of piperidine rings is 2. The number of carboxylic acid groups (broad SMARTS) is 1. The summed E-state index contributed by atoms with van der Waals surface area (Å²) in [5.41, 5.74) is 0.0338. The van der Waals surface area contributed by atoms with Crippen molar-refractivity contribution in [1.29, 1.82) is 0 Å². The number of amides is 1. The van der Waals surface area contributed by atoms with Crippen LogP contribution in [-0.4, -0.2) is 62.6 Å². The molecule has 1 aromatic heterocycles. The molecule has 1 N–H and O–H groups in total. The van der Waals surface area contributed by atoms with Crippen molar-refractivity contribution in [3.63, 3.8) is 0 Å². The van der Waals surface area contributed by atoms with E-state index < -0.39 is 12.0 Å². The monoisotopic (exact) mass is 364 g/mol. The number of aliphatic carboxylic acids is 1. The van der Waals surface area contributed by atoms with Gasteiger partial charge in [-0.1, -0.05) is 19.0 Å². The molecule has 1 aromatic rings. The van der Waals surface area contributed by atoms with E-state index in [1.54, 1.807) is 11.8 Å². The number of likely N-dealkylation sites (tertiary alicyclic amines) is 2. The molecule has 0 saturated carbocycles. The number of hydrogen-bond acceptors (Lipinski definition) is 6. The van der Waals surface area contributed by atoms with Gasteiger partial charge in [-0.05, 0) is 44.7 Å². The van der Waals surface area contributed by atoms with E-state index in [4.69, 9.17) is 4.52 Å². The first-order valence-corrected chi connectivity index (χ1v) is 9.37. The van der Waals surface area contributed by atoms with E-state index in [1.807, 2.05) is 13.8 Å².